The summed E-state index contributed by atoms with van der Waals surface area (Å²) in [7, 11) is -3.95. The second-order valence-corrected chi connectivity index (χ2v) is 5.57. The van der Waals surface area contributed by atoms with Gasteiger partial charge in [0, 0.05) is 18.9 Å². The lowest BCUT2D eigenvalue weighted by Gasteiger charge is -2.07. The molecule has 0 radical (unpaired) electrons. The third-order valence-electron chi connectivity index (χ3n) is 2.43. The van der Waals surface area contributed by atoms with Crippen molar-refractivity contribution in [3.05, 3.63) is 42.2 Å². The molecule has 1 aromatic carbocycles. The zero-order valence-electron chi connectivity index (χ0n) is 9.83. The van der Waals surface area contributed by atoms with Crippen molar-refractivity contribution in [2.75, 3.05) is 0 Å². The highest BCUT2D eigenvalue weighted by atomic mass is 32.2. The number of nitrogens with one attached hydrogen (secondary N) is 1. The van der Waals surface area contributed by atoms with Gasteiger partial charge in [-0.25, -0.2) is 17.9 Å². The molecule has 0 unspecified atom stereocenters. The van der Waals surface area contributed by atoms with Gasteiger partial charge in [-0.05, 0) is 12.1 Å². The van der Waals surface area contributed by atoms with Gasteiger partial charge >= 0.3 is 6.09 Å². The molecule has 0 bridgehead atoms. The molecule has 100 valence electrons. The van der Waals surface area contributed by atoms with Crippen molar-refractivity contribution in [1.29, 1.82) is 0 Å². The Bertz CT molecular complexity index is 633. The number of rotatable bonds is 3. The Kier molecular flexibility index (Phi) is 3.66. The average molecular weight is 281 g/mol. The number of ketones is 1. The first-order chi connectivity index (χ1) is 8.97. The van der Waals surface area contributed by atoms with Crippen LogP contribution in [0.5, 0.6) is 0 Å². The molecule has 7 heteroatoms. The zero-order valence-corrected chi connectivity index (χ0v) is 10.6. The van der Waals surface area contributed by atoms with E-state index in [1.165, 1.54) is 30.3 Å². The van der Waals surface area contributed by atoms with Gasteiger partial charge in [0.2, 0.25) is 0 Å². The van der Waals surface area contributed by atoms with Gasteiger partial charge < -0.3 is 4.74 Å². The molecule has 0 spiro atoms. The van der Waals surface area contributed by atoms with Crippen molar-refractivity contribution in [2.45, 2.75) is 17.7 Å². The summed E-state index contributed by atoms with van der Waals surface area (Å²) in [6.07, 6.45) is 0.644. The third kappa shape index (κ3) is 3.41. The first-order valence-corrected chi connectivity index (χ1v) is 6.99. The fourth-order valence-corrected chi connectivity index (χ4v) is 2.45. The fraction of sp³-hybridized carbons (Fsp3) is 0.167. The maximum absolute atomic E-state index is 11.8. The Morgan fingerprint density at radius 2 is 1.84 bits per heavy atom. The van der Waals surface area contributed by atoms with E-state index in [1.54, 1.807) is 10.8 Å². The van der Waals surface area contributed by atoms with Crippen LogP contribution in [-0.4, -0.2) is 20.3 Å². The van der Waals surface area contributed by atoms with E-state index in [-0.39, 0.29) is 22.9 Å². The van der Waals surface area contributed by atoms with E-state index in [2.05, 4.69) is 0 Å². The molecular weight excluding hydrogens is 270 g/mol. The van der Waals surface area contributed by atoms with Crippen LogP contribution in [0, 0.1) is 0 Å². The summed E-state index contributed by atoms with van der Waals surface area (Å²) in [4.78, 5) is 22.3. The minimum absolute atomic E-state index is 0.0385. The van der Waals surface area contributed by atoms with E-state index >= 15 is 0 Å². The maximum Gasteiger partial charge on any atom is 0.426 e. The third-order valence-corrected chi connectivity index (χ3v) is 3.76. The summed E-state index contributed by atoms with van der Waals surface area (Å²) in [5, 5.41) is 0. The predicted octanol–water partition coefficient (Wildman–Crippen LogP) is 1.35. The molecule has 1 aliphatic rings. The molecule has 0 saturated heterocycles. The molecule has 1 aliphatic carbocycles. The van der Waals surface area contributed by atoms with Crippen molar-refractivity contribution in [3.8, 4) is 0 Å². The Balaban J connectivity index is 2.03. The van der Waals surface area contributed by atoms with E-state index in [9.17, 15) is 18.0 Å². The highest BCUT2D eigenvalue weighted by Gasteiger charge is 2.21. The Labute approximate surface area is 110 Å². The van der Waals surface area contributed by atoms with E-state index in [4.69, 9.17) is 4.74 Å². The van der Waals surface area contributed by atoms with Crippen molar-refractivity contribution >= 4 is 21.9 Å². The van der Waals surface area contributed by atoms with Gasteiger partial charge in [0.05, 0.1) is 4.90 Å². The first-order valence-electron chi connectivity index (χ1n) is 5.50. The zero-order chi connectivity index (χ0) is 13.9. The normalized spacial score (nSPS) is 14.9. The standard InChI is InChI=1S/C12H11NO5S/c14-9-6-7-10(8-9)18-12(15)13-19(16,17)11-4-2-1-3-5-11/h1-5,8H,6-7H2,(H,13,15). The Hall–Kier alpha value is -2.15. The predicted molar refractivity (Wildman–Crippen MR) is 65.6 cm³/mol. The Morgan fingerprint density at radius 3 is 2.42 bits per heavy atom. The van der Waals surface area contributed by atoms with Crippen LogP contribution >= 0.6 is 0 Å². The van der Waals surface area contributed by atoms with Gasteiger partial charge in [0.25, 0.3) is 10.0 Å². The van der Waals surface area contributed by atoms with Crippen LogP contribution < -0.4 is 4.72 Å². The highest BCUT2D eigenvalue weighted by Crippen LogP contribution is 2.16. The fourth-order valence-electron chi connectivity index (χ4n) is 1.56. The summed E-state index contributed by atoms with van der Waals surface area (Å²) in [6, 6.07) is 7.45. The molecule has 19 heavy (non-hydrogen) atoms. The highest BCUT2D eigenvalue weighted by molar-refractivity contribution is 7.90. The summed E-state index contributed by atoms with van der Waals surface area (Å²) in [5.41, 5.74) is 0. The number of carbonyl (C=O) groups is 2. The molecule has 0 heterocycles. The molecule has 0 aromatic heterocycles. The average Bonchev–Trinajstić information content (AvgIpc) is 2.75. The Morgan fingerprint density at radius 1 is 1.16 bits per heavy atom. The first kappa shape index (κ1) is 13.3. The second kappa shape index (κ2) is 5.23. The lowest BCUT2D eigenvalue weighted by atomic mass is 10.3. The molecular formula is C12H11NO5S. The van der Waals surface area contributed by atoms with Crippen molar-refractivity contribution in [1.82, 2.24) is 4.72 Å². The summed E-state index contributed by atoms with van der Waals surface area (Å²) in [5.74, 6) is 0.0273. The topological polar surface area (TPSA) is 89.5 Å². The van der Waals surface area contributed by atoms with Crippen LogP contribution in [0.4, 0.5) is 4.79 Å². The van der Waals surface area contributed by atoms with Crippen molar-refractivity contribution < 1.29 is 22.7 Å². The van der Waals surface area contributed by atoms with Gasteiger partial charge in [-0.2, -0.15) is 0 Å². The maximum atomic E-state index is 11.8. The molecule has 1 amide bonds. The number of carbonyl (C=O) groups excluding carboxylic acids is 2. The van der Waals surface area contributed by atoms with E-state index < -0.39 is 16.1 Å². The number of allylic oxidation sites excluding steroid dienone is 2. The number of sulfonamides is 1. The molecule has 2 rings (SSSR count). The second-order valence-electron chi connectivity index (χ2n) is 3.89. The lowest BCUT2D eigenvalue weighted by molar-refractivity contribution is -0.114. The molecule has 0 atom stereocenters. The van der Waals surface area contributed by atoms with Crippen LogP contribution in [0.2, 0.25) is 0 Å². The van der Waals surface area contributed by atoms with Crippen LogP contribution in [0.3, 0.4) is 0 Å². The quantitative estimate of drug-likeness (QED) is 0.903. The van der Waals surface area contributed by atoms with Gasteiger partial charge in [-0.15, -0.1) is 0 Å². The minimum Gasteiger partial charge on any atom is -0.414 e. The van der Waals surface area contributed by atoms with Crippen LogP contribution in [0.15, 0.2) is 47.1 Å². The SMILES string of the molecule is O=C1C=C(OC(=O)NS(=O)(=O)c2ccccc2)CC1. The number of amides is 1. The molecule has 1 N–H and O–H groups in total. The van der Waals surface area contributed by atoms with Gasteiger partial charge in [-0.3, -0.25) is 4.79 Å². The summed E-state index contributed by atoms with van der Waals surface area (Å²) >= 11 is 0. The lowest BCUT2D eigenvalue weighted by Crippen LogP contribution is -2.30. The van der Waals surface area contributed by atoms with Gasteiger partial charge in [-0.1, -0.05) is 18.2 Å². The van der Waals surface area contributed by atoms with E-state index in [0.717, 1.165) is 0 Å². The smallest absolute Gasteiger partial charge is 0.414 e. The van der Waals surface area contributed by atoms with Crippen molar-refractivity contribution in [2.24, 2.45) is 0 Å². The molecule has 0 saturated carbocycles. The number of benzene rings is 1. The number of ether oxygens (including phenoxy) is 1. The molecule has 0 aliphatic heterocycles. The van der Waals surface area contributed by atoms with Crippen molar-refractivity contribution in [3.63, 3.8) is 0 Å². The number of hydrogen-bond donors (Lipinski definition) is 1. The number of hydrogen-bond acceptors (Lipinski definition) is 5. The van der Waals surface area contributed by atoms with E-state index in [0.29, 0.717) is 6.42 Å². The van der Waals surface area contributed by atoms with E-state index in [1.807, 2.05) is 0 Å². The summed E-state index contributed by atoms with van der Waals surface area (Å²) in [6.45, 7) is 0. The molecule has 6 nitrogen and oxygen atoms in total. The summed E-state index contributed by atoms with van der Waals surface area (Å²) < 4.78 is 30.1. The van der Waals surface area contributed by atoms with Crippen LogP contribution in [-0.2, 0) is 19.6 Å². The van der Waals surface area contributed by atoms with Crippen LogP contribution in [0.25, 0.3) is 0 Å². The van der Waals surface area contributed by atoms with Gasteiger partial charge in [0.15, 0.2) is 5.78 Å². The minimum atomic E-state index is -3.95. The largest absolute Gasteiger partial charge is 0.426 e. The monoisotopic (exact) mass is 281 g/mol. The van der Waals surface area contributed by atoms with Gasteiger partial charge in [0.1, 0.15) is 5.76 Å². The molecule has 1 aromatic rings. The van der Waals surface area contributed by atoms with Crippen LogP contribution in [0.1, 0.15) is 12.8 Å². The molecule has 0 fully saturated rings.